The molecule has 1 heterocycles. The van der Waals surface area contributed by atoms with Crippen molar-refractivity contribution in [1.29, 1.82) is 0 Å². The molecule has 0 spiro atoms. The van der Waals surface area contributed by atoms with Gasteiger partial charge in [-0.05, 0) is 111 Å². The minimum absolute atomic E-state index is 0. The fraction of sp³-hybridized carbons (Fsp3) is 0.571. The van der Waals surface area contributed by atoms with Gasteiger partial charge in [-0.3, -0.25) is 0 Å². The van der Waals surface area contributed by atoms with Gasteiger partial charge in [0, 0.05) is 22.8 Å². The van der Waals surface area contributed by atoms with Gasteiger partial charge in [0.2, 0.25) is 11.4 Å². The molecular weight excluding hydrogens is 591 g/mol. The number of rotatable bonds is 21. The number of unbranched alkanes of at least 4 members (excludes halogenated alkanes) is 9. The zero-order valence-electron chi connectivity index (χ0n) is 30.2. The third kappa shape index (κ3) is 13.7. The van der Waals surface area contributed by atoms with Gasteiger partial charge in [0.25, 0.3) is 0 Å². The number of hydrogen-bond acceptors (Lipinski definition) is 0. The van der Waals surface area contributed by atoms with Crippen LogP contribution in [0.3, 0.4) is 0 Å². The summed E-state index contributed by atoms with van der Waals surface area (Å²) in [5.41, 5.74) is 23.2. The zero-order chi connectivity index (χ0) is 30.2. The van der Waals surface area contributed by atoms with Gasteiger partial charge >= 0.3 is 16.5 Å². The van der Waals surface area contributed by atoms with Crippen LogP contribution in [-0.4, -0.2) is 4.70 Å². The molecule has 0 atom stereocenters. The van der Waals surface area contributed by atoms with Crippen molar-refractivity contribution in [2.75, 3.05) is 0 Å². The van der Waals surface area contributed by atoms with Crippen molar-refractivity contribution >= 4 is 11.4 Å². The first kappa shape index (κ1) is 43.0. The first-order valence-electron chi connectivity index (χ1n) is 17.7. The van der Waals surface area contributed by atoms with Gasteiger partial charge in [0.1, 0.15) is 0 Å². The predicted molar refractivity (Wildman–Crippen MR) is 197 cm³/mol. The van der Waals surface area contributed by atoms with Gasteiger partial charge in [-0.1, -0.05) is 105 Å². The Morgan fingerprint density at radius 1 is 0.467 bits per heavy atom. The number of nitrogens with zero attached hydrogens (tertiary/aromatic N) is 2. The summed E-state index contributed by atoms with van der Waals surface area (Å²) in [6.45, 7) is 11.4. The van der Waals surface area contributed by atoms with Crippen LogP contribution in [0, 0.1) is 14.9 Å². The molecule has 254 valence electrons. The first-order valence-corrected chi connectivity index (χ1v) is 17.7. The molecule has 0 fully saturated rings. The Bertz CT molecular complexity index is 1140. The van der Waals surface area contributed by atoms with E-state index in [1.807, 2.05) is 0 Å². The smallest absolute Gasteiger partial charge is 0.493 e. The summed E-state index contributed by atoms with van der Waals surface area (Å²) in [7, 11) is 0. The summed E-state index contributed by atoms with van der Waals surface area (Å²) >= 11 is 0. The van der Waals surface area contributed by atoms with Crippen molar-refractivity contribution in [3.8, 4) is 0 Å². The molecule has 0 bridgehead atoms. The fourth-order valence-corrected chi connectivity index (χ4v) is 6.26. The van der Waals surface area contributed by atoms with Crippen molar-refractivity contribution in [3.63, 3.8) is 0 Å². The topological polar surface area (TPSA) is 25.3 Å². The summed E-state index contributed by atoms with van der Waals surface area (Å²) in [6, 6.07) is 14.3. The summed E-state index contributed by atoms with van der Waals surface area (Å²) in [4.78, 5) is 0. The SMILES string of the molecule is CCCCCCCCC1=C(c2cc(CCCC)cc(CCCC)c2)[N+](=[N-])C(c2cc(CCCC)cc(CCCC)c2)=C1.[CH3-].[CH3-].[Ni+2]. The molecule has 1 aliphatic heterocycles. The van der Waals surface area contributed by atoms with Crippen molar-refractivity contribution in [3.05, 3.63) is 102 Å². The van der Waals surface area contributed by atoms with Gasteiger partial charge in [-0.25, -0.2) is 4.70 Å². The van der Waals surface area contributed by atoms with Gasteiger partial charge < -0.3 is 20.4 Å². The molecule has 1 aliphatic rings. The van der Waals surface area contributed by atoms with Gasteiger partial charge in [0.05, 0.1) is 0 Å². The van der Waals surface area contributed by atoms with Crippen molar-refractivity contribution in [2.24, 2.45) is 0 Å². The van der Waals surface area contributed by atoms with E-state index in [9.17, 15) is 5.53 Å². The van der Waals surface area contributed by atoms with Crippen LogP contribution in [0.5, 0.6) is 0 Å². The Labute approximate surface area is 290 Å². The molecule has 0 saturated heterocycles. The molecule has 2 nitrogen and oxygen atoms in total. The summed E-state index contributed by atoms with van der Waals surface area (Å²) < 4.78 is 1.55. The minimum atomic E-state index is 0. The standard InChI is InChI=1S/C40H60N2.2CH3.Ni/c1-6-11-16-17-18-19-24-36-31-39(37-27-32(20-12-7-2)25-33(28-37)21-13-8-3)42(41)40(36)38-29-34(22-14-9-4)26-35(30-38)23-15-10-5;;;/h25-31H,6-24H2,1-5H3;2*1H3;/q;2*-1;+2. The van der Waals surface area contributed by atoms with Crippen LogP contribution >= 0.6 is 0 Å². The minimum Gasteiger partial charge on any atom is -0.493 e. The second-order valence-corrected chi connectivity index (χ2v) is 12.7. The molecule has 2 aromatic carbocycles. The maximum absolute atomic E-state index is 12.0. The quantitative estimate of drug-likeness (QED) is 0.0553. The van der Waals surface area contributed by atoms with Crippen LogP contribution in [0.15, 0.2) is 48.0 Å². The molecule has 0 N–H and O–H groups in total. The molecule has 0 saturated carbocycles. The average molecular weight is 658 g/mol. The van der Waals surface area contributed by atoms with Gasteiger partial charge in [-0.2, -0.15) is 0 Å². The van der Waals surface area contributed by atoms with Crippen LogP contribution in [0.1, 0.15) is 164 Å². The summed E-state index contributed by atoms with van der Waals surface area (Å²) in [5, 5.41) is 0. The van der Waals surface area contributed by atoms with E-state index in [1.165, 1.54) is 129 Å². The monoisotopic (exact) mass is 656 g/mol. The maximum atomic E-state index is 12.0. The van der Waals surface area contributed by atoms with E-state index in [4.69, 9.17) is 0 Å². The number of benzene rings is 2. The Balaban J connectivity index is 0.00000645. The second kappa shape index (κ2) is 24.2. The van der Waals surface area contributed by atoms with Crippen molar-refractivity contribution in [1.82, 2.24) is 0 Å². The Morgan fingerprint density at radius 3 is 1.27 bits per heavy atom. The van der Waals surface area contributed by atoms with E-state index in [-0.39, 0.29) is 31.3 Å². The second-order valence-electron chi connectivity index (χ2n) is 12.7. The third-order valence-corrected chi connectivity index (χ3v) is 8.81. The van der Waals surface area contributed by atoms with Crippen LogP contribution < -0.4 is 0 Å². The van der Waals surface area contributed by atoms with Gasteiger partial charge in [-0.15, -0.1) is 0 Å². The largest absolute Gasteiger partial charge is 2.00 e. The molecule has 0 radical (unpaired) electrons. The van der Waals surface area contributed by atoms with Crippen LogP contribution in [0.25, 0.3) is 16.9 Å². The van der Waals surface area contributed by atoms with E-state index < -0.39 is 0 Å². The molecule has 0 unspecified atom stereocenters. The molecular formula is C42H66N2Ni. The van der Waals surface area contributed by atoms with Crippen molar-refractivity contribution in [2.45, 2.75) is 157 Å². The fourth-order valence-electron chi connectivity index (χ4n) is 6.26. The Morgan fingerprint density at radius 2 is 0.844 bits per heavy atom. The third-order valence-electron chi connectivity index (χ3n) is 8.81. The summed E-state index contributed by atoms with van der Waals surface area (Å²) in [6.07, 6.45) is 25.1. The van der Waals surface area contributed by atoms with Crippen LogP contribution in [-0.2, 0) is 42.2 Å². The number of allylic oxidation sites excluding steroid dienone is 2. The molecule has 45 heavy (non-hydrogen) atoms. The van der Waals surface area contributed by atoms with Gasteiger partial charge in [0.15, 0.2) is 0 Å². The zero-order valence-corrected chi connectivity index (χ0v) is 31.2. The van der Waals surface area contributed by atoms with E-state index in [0.717, 1.165) is 43.5 Å². The van der Waals surface area contributed by atoms with Crippen molar-refractivity contribution < 1.29 is 21.2 Å². The number of hydrogen-bond donors (Lipinski definition) is 0. The maximum Gasteiger partial charge on any atom is 2.00 e. The molecule has 3 rings (SSSR count). The number of aryl methyl sites for hydroxylation is 4. The van der Waals surface area contributed by atoms with Crippen LogP contribution in [0.2, 0.25) is 0 Å². The van der Waals surface area contributed by atoms with E-state index in [2.05, 4.69) is 77.1 Å². The normalized spacial score (nSPS) is 12.5. The van der Waals surface area contributed by atoms with E-state index in [0.29, 0.717) is 0 Å². The van der Waals surface area contributed by atoms with Crippen LogP contribution in [0.4, 0.5) is 0 Å². The van der Waals surface area contributed by atoms with E-state index >= 15 is 0 Å². The molecule has 0 amide bonds. The average Bonchev–Trinajstić information content (AvgIpc) is 3.34. The Hall–Kier alpha value is -1.99. The Kier molecular flexibility index (Phi) is 23.2. The predicted octanol–water partition coefficient (Wildman–Crippen LogP) is 13.5. The van der Waals surface area contributed by atoms with E-state index in [1.54, 1.807) is 4.70 Å². The molecule has 3 heteroatoms. The molecule has 0 aliphatic carbocycles. The summed E-state index contributed by atoms with van der Waals surface area (Å²) in [5.74, 6) is 0. The molecule has 0 aromatic heterocycles. The first-order chi connectivity index (χ1) is 20.5. The molecule has 2 aromatic rings.